The number of phenols is 2. The van der Waals surface area contributed by atoms with Crippen molar-refractivity contribution >= 4 is 11.4 Å². The van der Waals surface area contributed by atoms with Crippen molar-refractivity contribution < 1.29 is 24.8 Å². The zero-order valence-electron chi connectivity index (χ0n) is 12.1. The van der Waals surface area contributed by atoms with Crippen molar-refractivity contribution in [3.8, 4) is 23.0 Å². The second kappa shape index (κ2) is 5.79. The fraction of sp³-hybridized carbons (Fsp3) is 0.143. The number of ether oxygens (including phenoxy) is 1. The summed E-state index contributed by atoms with van der Waals surface area (Å²) in [6.45, 7) is 3.12. The predicted molar refractivity (Wildman–Crippen MR) is 79.1 cm³/mol. The second-order valence-corrected chi connectivity index (χ2v) is 4.83. The highest BCUT2D eigenvalue weighted by Crippen LogP contribution is 2.39. The first kappa shape index (κ1) is 16.0. The van der Waals surface area contributed by atoms with Gasteiger partial charge >= 0.3 is 11.4 Å². The van der Waals surface area contributed by atoms with Gasteiger partial charge in [-0.05, 0) is 37.1 Å². The van der Waals surface area contributed by atoms with E-state index >= 15 is 0 Å². The summed E-state index contributed by atoms with van der Waals surface area (Å²) >= 11 is 0. The molecule has 2 N–H and O–H groups in total. The van der Waals surface area contributed by atoms with E-state index in [-0.39, 0.29) is 11.5 Å². The minimum Gasteiger partial charge on any atom is -0.502 e. The lowest BCUT2D eigenvalue weighted by Gasteiger charge is -2.12. The molecule has 0 saturated carbocycles. The molecular formula is C14H12N2O7. The van der Waals surface area contributed by atoms with Gasteiger partial charge in [0.25, 0.3) is 0 Å². The Kier molecular flexibility index (Phi) is 4.04. The van der Waals surface area contributed by atoms with Crippen molar-refractivity contribution in [1.29, 1.82) is 0 Å². The SMILES string of the molecule is Cc1cc(O)c([N+](=O)[O-])cc1Oc1cc([N+](=O)[O-])c(O)cc1C. The van der Waals surface area contributed by atoms with E-state index in [0.717, 1.165) is 24.3 Å². The normalized spacial score (nSPS) is 10.3. The van der Waals surface area contributed by atoms with E-state index < -0.39 is 32.7 Å². The number of benzene rings is 2. The predicted octanol–water partition coefficient (Wildman–Crippen LogP) is 3.32. The van der Waals surface area contributed by atoms with Gasteiger partial charge in [-0.15, -0.1) is 0 Å². The summed E-state index contributed by atoms with van der Waals surface area (Å²) in [6.07, 6.45) is 0. The maximum Gasteiger partial charge on any atom is 0.314 e. The van der Waals surface area contributed by atoms with Gasteiger partial charge in [-0.25, -0.2) is 0 Å². The molecule has 9 nitrogen and oxygen atoms in total. The summed E-state index contributed by atoms with van der Waals surface area (Å²) in [5.74, 6) is -0.878. The van der Waals surface area contributed by atoms with Gasteiger partial charge in [-0.2, -0.15) is 0 Å². The minimum absolute atomic E-state index is 0.0672. The number of rotatable bonds is 4. The van der Waals surface area contributed by atoms with E-state index in [4.69, 9.17) is 4.74 Å². The van der Waals surface area contributed by atoms with E-state index in [1.54, 1.807) is 13.8 Å². The molecule has 2 rings (SSSR count). The summed E-state index contributed by atoms with van der Waals surface area (Å²) in [6, 6.07) is 4.39. The van der Waals surface area contributed by atoms with Crippen molar-refractivity contribution in [2.75, 3.05) is 0 Å². The van der Waals surface area contributed by atoms with Crippen LogP contribution in [0.5, 0.6) is 23.0 Å². The lowest BCUT2D eigenvalue weighted by Crippen LogP contribution is -1.96. The van der Waals surface area contributed by atoms with Gasteiger partial charge < -0.3 is 14.9 Å². The molecule has 0 amide bonds. The van der Waals surface area contributed by atoms with E-state index in [1.165, 1.54) is 0 Å². The Morgan fingerprint density at radius 1 is 0.826 bits per heavy atom. The van der Waals surface area contributed by atoms with Crippen molar-refractivity contribution in [3.63, 3.8) is 0 Å². The van der Waals surface area contributed by atoms with Crippen molar-refractivity contribution in [3.05, 3.63) is 55.6 Å². The highest BCUT2D eigenvalue weighted by Gasteiger charge is 2.20. The van der Waals surface area contributed by atoms with E-state index in [0.29, 0.717) is 11.1 Å². The molecule has 120 valence electrons. The zero-order valence-corrected chi connectivity index (χ0v) is 12.1. The molecule has 0 radical (unpaired) electrons. The Bertz CT molecular complexity index is 750. The van der Waals surface area contributed by atoms with Crippen molar-refractivity contribution in [2.24, 2.45) is 0 Å². The number of nitrogens with zero attached hydrogens (tertiary/aromatic N) is 2. The molecule has 0 heterocycles. The first-order chi connectivity index (χ1) is 10.7. The monoisotopic (exact) mass is 320 g/mol. The summed E-state index contributed by atoms with van der Waals surface area (Å²) in [5.41, 5.74) is -0.278. The number of phenolic OH excluding ortho intramolecular Hbond substituents is 2. The molecule has 0 aliphatic heterocycles. The third-order valence-electron chi connectivity index (χ3n) is 3.16. The van der Waals surface area contributed by atoms with Crippen LogP contribution in [0.15, 0.2) is 24.3 Å². The maximum absolute atomic E-state index is 10.9. The third-order valence-corrected chi connectivity index (χ3v) is 3.16. The van der Waals surface area contributed by atoms with Gasteiger partial charge in [0.15, 0.2) is 11.5 Å². The molecule has 0 aromatic heterocycles. The molecule has 2 aromatic carbocycles. The zero-order chi connectivity index (χ0) is 17.3. The second-order valence-electron chi connectivity index (χ2n) is 4.83. The Morgan fingerprint density at radius 3 is 1.48 bits per heavy atom. The molecular weight excluding hydrogens is 308 g/mol. The fourth-order valence-electron chi connectivity index (χ4n) is 1.96. The van der Waals surface area contributed by atoms with Crippen LogP contribution < -0.4 is 4.74 Å². The van der Waals surface area contributed by atoms with E-state index in [9.17, 15) is 30.4 Å². The van der Waals surface area contributed by atoms with Gasteiger partial charge in [0.05, 0.1) is 22.0 Å². The standard InChI is InChI=1S/C14H12N2O7/c1-7-3-11(17)9(15(19)20)5-13(7)23-14-6-10(16(21)22)12(18)4-8(14)2/h3-6,17-18H,1-2H3. The topological polar surface area (TPSA) is 136 Å². The highest BCUT2D eigenvalue weighted by atomic mass is 16.6. The molecule has 0 unspecified atom stereocenters. The number of hydrogen-bond acceptors (Lipinski definition) is 7. The Labute approximate surface area is 129 Å². The number of aryl methyl sites for hydroxylation is 2. The maximum atomic E-state index is 10.9. The molecule has 0 aliphatic carbocycles. The van der Waals surface area contributed by atoms with Gasteiger partial charge in [-0.3, -0.25) is 20.2 Å². The van der Waals surface area contributed by atoms with Crippen LogP contribution in [0, 0.1) is 34.1 Å². The van der Waals surface area contributed by atoms with Crippen LogP contribution in [0.1, 0.15) is 11.1 Å². The van der Waals surface area contributed by atoms with Crippen LogP contribution in [0.2, 0.25) is 0 Å². The largest absolute Gasteiger partial charge is 0.502 e. The van der Waals surface area contributed by atoms with Crippen molar-refractivity contribution in [2.45, 2.75) is 13.8 Å². The summed E-state index contributed by atoms with van der Waals surface area (Å²) in [5, 5.41) is 40.8. The van der Waals surface area contributed by atoms with Crippen LogP contribution in [0.3, 0.4) is 0 Å². The molecule has 0 saturated heterocycles. The number of aromatic hydroxyl groups is 2. The molecule has 23 heavy (non-hydrogen) atoms. The molecule has 0 fully saturated rings. The average Bonchev–Trinajstić information content (AvgIpc) is 2.43. The average molecular weight is 320 g/mol. The molecule has 0 spiro atoms. The molecule has 0 aliphatic rings. The Hall–Kier alpha value is -3.36. The number of nitro benzene ring substituents is 2. The van der Waals surface area contributed by atoms with E-state index in [2.05, 4.69) is 0 Å². The van der Waals surface area contributed by atoms with Crippen LogP contribution in [-0.2, 0) is 0 Å². The highest BCUT2D eigenvalue weighted by molar-refractivity contribution is 5.58. The summed E-state index contributed by atoms with van der Waals surface area (Å²) in [4.78, 5) is 20.2. The Balaban J connectivity index is 2.51. The lowest BCUT2D eigenvalue weighted by molar-refractivity contribution is -0.386. The van der Waals surface area contributed by atoms with E-state index in [1.807, 2.05) is 0 Å². The van der Waals surface area contributed by atoms with Crippen LogP contribution in [-0.4, -0.2) is 20.1 Å². The quantitative estimate of drug-likeness (QED) is 0.651. The number of nitro groups is 2. The first-order valence-electron chi connectivity index (χ1n) is 6.34. The summed E-state index contributed by atoms with van der Waals surface area (Å²) in [7, 11) is 0. The van der Waals surface area contributed by atoms with Crippen LogP contribution >= 0.6 is 0 Å². The minimum atomic E-state index is -0.770. The van der Waals surface area contributed by atoms with Gasteiger partial charge in [0, 0.05) is 0 Å². The third kappa shape index (κ3) is 3.12. The molecule has 0 atom stereocenters. The lowest BCUT2D eigenvalue weighted by atomic mass is 10.1. The number of hydrogen-bond donors (Lipinski definition) is 2. The smallest absolute Gasteiger partial charge is 0.314 e. The van der Waals surface area contributed by atoms with Gasteiger partial charge in [0.1, 0.15) is 11.5 Å². The van der Waals surface area contributed by atoms with Gasteiger partial charge in [-0.1, -0.05) is 0 Å². The van der Waals surface area contributed by atoms with Crippen LogP contribution in [0.4, 0.5) is 11.4 Å². The Morgan fingerprint density at radius 2 is 1.17 bits per heavy atom. The van der Waals surface area contributed by atoms with Gasteiger partial charge in [0.2, 0.25) is 0 Å². The first-order valence-corrected chi connectivity index (χ1v) is 6.34. The van der Waals surface area contributed by atoms with Crippen LogP contribution in [0.25, 0.3) is 0 Å². The van der Waals surface area contributed by atoms with Crippen molar-refractivity contribution in [1.82, 2.24) is 0 Å². The molecule has 2 aromatic rings. The fourth-order valence-corrected chi connectivity index (χ4v) is 1.96. The molecule has 9 heteroatoms. The summed E-state index contributed by atoms with van der Waals surface area (Å²) < 4.78 is 5.50. The molecule has 0 bridgehead atoms.